The molecule has 1 aromatic rings. The van der Waals surface area contributed by atoms with Crippen molar-refractivity contribution in [2.45, 2.75) is 83.5 Å². The van der Waals surface area contributed by atoms with E-state index >= 15 is 0 Å². The summed E-state index contributed by atoms with van der Waals surface area (Å²) in [5.74, 6) is 0. The highest BCUT2D eigenvalue weighted by molar-refractivity contribution is 5.05. The minimum Gasteiger partial charge on any atom is -0.390 e. The van der Waals surface area contributed by atoms with E-state index in [1.807, 2.05) is 23.9 Å². The summed E-state index contributed by atoms with van der Waals surface area (Å²) in [6, 6.07) is 2.37. The Morgan fingerprint density at radius 3 is 2.48 bits per heavy atom. The van der Waals surface area contributed by atoms with E-state index in [4.69, 9.17) is 4.74 Å². The quantitative estimate of drug-likeness (QED) is 0.817. The Bertz CT molecular complexity index is 420. The number of hydrogen-bond acceptors (Lipinski definition) is 3. The lowest BCUT2D eigenvalue weighted by molar-refractivity contribution is -0.128. The van der Waals surface area contributed by atoms with Gasteiger partial charge in [0.1, 0.15) is 0 Å². The van der Waals surface area contributed by atoms with Crippen LogP contribution >= 0.6 is 0 Å². The van der Waals surface area contributed by atoms with Crippen LogP contribution in [0.4, 0.5) is 0 Å². The first-order valence-electron chi connectivity index (χ1n) is 8.43. The van der Waals surface area contributed by atoms with Crippen molar-refractivity contribution < 1.29 is 9.84 Å². The Morgan fingerprint density at radius 2 is 1.95 bits per heavy atom. The Labute approximate surface area is 128 Å². The molecule has 0 spiro atoms. The van der Waals surface area contributed by atoms with E-state index in [1.165, 1.54) is 12.8 Å². The van der Waals surface area contributed by atoms with Gasteiger partial charge in [-0.05, 0) is 39.7 Å². The van der Waals surface area contributed by atoms with Crippen LogP contribution in [-0.2, 0) is 11.2 Å². The molecule has 0 saturated heterocycles. The number of ether oxygens (including phenoxy) is 1. The van der Waals surface area contributed by atoms with Crippen LogP contribution in [0.3, 0.4) is 0 Å². The third kappa shape index (κ3) is 4.07. The summed E-state index contributed by atoms with van der Waals surface area (Å²) in [6.45, 7) is 6.91. The van der Waals surface area contributed by atoms with Gasteiger partial charge in [0.25, 0.3) is 0 Å². The second-order valence-corrected chi connectivity index (χ2v) is 6.51. The van der Waals surface area contributed by atoms with Gasteiger partial charge in [-0.15, -0.1) is 0 Å². The number of aliphatic hydroxyl groups is 1. The van der Waals surface area contributed by atoms with E-state index in [0.29, 0.717) is 19.1 Å². The monoisotopic (exact) mass is 294 g/mol. The third-order valence-corrected chi connectivity index (χ3v) is 4.58. The van der Waals surface area contributed by atoms with E-state index in [0.717, 1.165) is 31.4 Å². The van der Waals surface area contributed by atoms with Crippen molar-refractivity contribution in [1.29, 1.82) is 0 Å². The molecular formula is C17H30N2O2. The maximum Gasteiger partial charge on any atom is 0.0943 e. The van der Waals surface area contributed by atoms with E-state index in [-0.39, 0.29) is 5.60 Å². The molecule has 1 aliphatic carbocycles. The molecule has 1 aliphatic rings. The Kier molecular flexibility index (Phi) is 5.82. The van der Waals surface area contributed by atoms with Gasteiger partial charge in [0, 0.05) is 25.3 Å². The molecule has 1 fully saturated rings. The first-order valence-corrected chi connectivity index (χ1v) is 8.43. The van der Waals surface area contributed by atoms with Crippen LogP contribution in [0, 0.1) is 0 Å². The minimum absolute atomic E-state index is 0.356. The lowest BCUT2D eigenvalue weighted by atomic mass is 9.85. The van der Waals surface area contributed by atoms with Crippen LogP contribution in [0.1, 0.15) is 71.0 Å². The summed E-state index contributed by atoms with van der Waals surface area (Å²) in [5, 5.41) is 15.4. The lowest BCUT2D eigenvalue weighted by Gasteiger charge is -2.37. The maximum absolute atomic E-state index is 10.8. The molecule has 0 aromatic carbocycles. The average Bonchev–Trinajstić information content (AvgIpc) is 2.78. The third-order valence-electron chi connectivity index (χ3n) is 4.58. The normalized spacial score (nSPS) is 20.4. The van der Waals surface area contributed by atoms with Crippen LogP contribution in [0.25, 0.3) is 0 Å². The molecule has 0 amide bonds. The molecule has 2 rings (SSSR count). The van der Waals surface area contributed by atoms with Gasteiger partial charge in [-0.2, -0.15) is 5.10 Å². The van der Waals surface area contributed by atoms with E-state index in [1.54, 1.807) is 0 Å². The average molecular weight is 294 g/mol. The number of aromatic nitrogens is 2. The Balaban J connectivity index is 2.08. The maximum atomic E-state index is 10.8. The molecule has 21 heavy (non-hydrogen) atoms. The Morgan fingerprint density at radius 1 is 1.29 bits per heavy atom. The lowest BCUT2D eigenvalue weighted by Crippen LogP contribution is -2.46. The Hall–Kier alpha value is -0.870. The predicted octanol–water partition coefficient (Wildman–Crippen LogP) is 3.50. The van der Waals surface area contributed by atoms with Gasteiger partial charge >= 0.3 is 0 Å². The van der Waals surface area contributed by atoms with Crippen molar-refractivity contribution in [3.63, 3.8) is 0 Å². The fourth-order valence-corrected chi connectivity index (χ4v) is 3.35. The van der Waals surface area contributed by atoms with Crippen molar-refractivity contribution in [2.75, 3.05) is 6.61 Å². The van der Waals surface area contributed by atoms with E-state index < -0.39 is 6.10 Å². The molecule has 0 bridgehead atoms. The minimum atomic E-state index is -0.467. The SMILES string of the molecule is CCOC1(C(O)Cc2ccn(C(C)C)n2)CCCCCC1. The molecule has 1 N–H and O–H groups in total. The predicted molar refractivity (Wildman–Crippen MR) is 84.4 cm³/mol. The fraction of sp³-hybridized carbons (Fsp3) is 0.824. The molecule has 1 unspecified atom stereocenters. The second-order valence-electron chi connectivity index (χ2n) is 6.51. The number of nitrogens with zero attached hydrogens (tertiary/aromatic N) is 2. The van der Waals surface area contributed by atoms with Crippen LogP contribution in [0.2, 0.25) is 0 Å². The molecule has 1 atom stereocenters. The highest BCUT2D eigenvalue weighted by atomic mass is 16.5. The molecule has 1 saturated carbocycles. The molecule has 0 aliphatic heterocycles. The number of rotatable bonds is 6. The summed E-state index contributed by atoms with van der Waals surface area (Å²) < 4.78 is 8.00. The zero-order valence-electron chi connectivity index (χ0n) is 13.7. The van der Waals surface area contributed by atoms with Crippen LogP contribution in [-0.4, -0.2) is 33.2 Å². The molecule has 1 heterocycles. The molecule has 4 nitrogen and oxygen atoms in total. The smallest absolute Gasteiger partial charge is 0.0943 e. The summed E-state index contributed by atoms with van der Waals surface area (Å²) in [5.41, 5.74) is 0.590. The van der Waals surface area contributed by atoms with Crippen molar-refractivity contribution in [1.82, 2.24) is 9.78 Å². The van der Waals surface area contributed by atoms with Crippen molar-refractivity contribution in [3.05, 3.63) is 18.0 Å². The molecule has 4 heteroatoms. The zero-order chi connectivity index (χ0) is 15.3. The molecule has 0 radical (unpaired) electrons. The zero-order valence-corrected chi connectivity index (χ0v) is 13.7. The van der Waals surface area contributed by atoms with Gasteiger partial charge in [0.2, 0.25) is 0 Å². The van der Waals surface area contributed by atoms with Gasteiger partial charge in [-0.25, -0.2) is 0 Å². The molecular weight excluding hydrogens is 264 g/mol. The summed E-state index contributed by atoms with van der Waals surface area (Å²) in [4.78, 5) is 0. The summed E-state index contributed by atoms with van der Waals surface area (Å²) >= 11 is 0. The highest BCUT2D eigenvalue weighted by Gasteiger charge is 2.39. The molecule has 1 aromatic heterocycles. The van der Waals surface area contributed by atoms with E-state index in [9.17, 15) is 5.11 Å². The second kappa shape index (κ2) is 7.41. The van der Waals surface area contributed by atoms with Gasteiger partial charge in [-0.3, -0.25) is 4.68 Å². The molecule has 120 valence electrons. The fourth-order valence-electron chi connectivity index (χ4n) is 3.35. The topological polar surface area (TPSA) is 47.3 Å². The first-order chi connectivity index (χ1) is 10.1. The van der Waals surface area contributed by atoms with E-state index in [2.05, 4.69) is 18.9 Å². The van der Waals surface area contributed by atoms with Crippen molar-refractivity contribution in [3.8, 4) is 0 Å². The summed E-state index contributed by atoms with van der Waals surface area (Å²) in [7, 11) is 0. The number of hydrogen-bond donors (Lipinski definition) is 1. The van der Waals surface area contributed by atoms with Gasteiger partial charge in [0.05, 0.1) is 17.4 Å². The highest BCUT2D eigenvalue weighted by Crippen LogP contribution is 2.34. The van der Waals surface area contributed by atoms with Crippen molar-refractivity contribution >= 4 is 0 Å². The number of aliphatic hydroxyl groups excluding tert-OH is 1. The summed E-state index contributed by atoms with van der Waals surface area (Å²) in [6.07, 6.45) is 8.85. The van der Waals surface area contributed by atoms with Crippen LogP contribution in [0.15, 0.2) is 12.3 Å². The van der Waals surface area contributed by atoms with Gasteiger partial charge in [-0.1, -0.05) is 25.7 Å². The largest absolute Gasteiger partial charge is 0.390 e. The van der Waals surface area contributed by atoms with Crippen molar-refractivity contribution in [2.24, 2.45) is 0 Å². The first kappa shape index (κ1) is 16.5. The van der Waals surface area contributed by atoms with Crippen LogP contribution < -0.4 is 0 Å². The standard InChI is InChI=1S/C17H30N2O2/c1-4-21-17(10-7-5-6-8-11-17)16(20)13-15-9-12-19(18-15)14(2)3/h9,12,14,16,20H,4-8,10-11,13H2,1-3H3. The van der Waals surface area contributed by atoms with Crippen LogP contribution in [0.5, 0.6) is 0 Å². The van der Waals surface area contributed by atoms with Gasteiger partial charge in [0.15, 0.2) is 0 Å². The van der Waals surface area contributed by atoms with Gasteiger partial charge < -0.3 is 9.84 Å².